The van der Waals surface area contributed by atoms with Gasteiger partial charge < -0.3 is 14.6 Å². The number of hydrogen-bond acceptors (Lipinski definition) is 3. The lowest BCUT2D eigenvalue weighted by Gasteiger charge is -2.28. The van der Waals surface area contributed by atoms with Crippen LogP contribution in [0.25, 0.3) is 0 Å². The zero-order valence-corrected chi connectivity index (χ0v) is 9.44. The van der Waals surface area contributed by atoms with Crippen LogP contribution >= 0.6 is 0 Å². The topological polar surface area (TPSA) is 55.8 Å². The number of rotatable bonds is 5. The minimum atomic E-state index is -0.935. The van der Waals surface area contributed by atoms with Gasteiger partial charge in [0.25, 0.3) is 0 Å². The Labute approximate surface area is 90.6 Å². The van der Waals surface area contributed by atoms with Gasteiger partial charge in [-0.15, -0.1) is 0 Å². The van der Waals surface area contributed by atoms with Crippen LogP contribution in [-0.2, 0) is 14.3 Å². The van der Waals surface area contributed by atoms with Gasteiger partial charge in [-0.25, -0.2) is 4.79 Å². The standard InChI is InChI=1S/C11H20O4/c1-8-4-3-5-9(6-8)15-10(7-14-2)11(12)13/h8-10H,3-7H2,1-2H3,(H,12,13). The van der Waals surface area contributed by atoms with E-state index in [0.29, 0.717) is 5.92 Å². The van der Waals surface area contributed by atoms with Crippen LogP contribution in [0.15, 0.2) is 0 Å². The number of carboxylic acid groups (broad SMARTS) is 1. The van der Waals surface area contributed by atoms with Gasteiger partial charge >= 0.3 is 5.97 Å². The molecule has 0 spiro atoms. The summed E-state index contributed by atoms with van der Waals surface area (Å²) < 4.78 is 10.4. The van der Waals surface area contributed by atoms with Crippen molar-refractivity contribution in [3.63, 3.8) is 0 Å². The van der Waals surface area contributed by atoms with Gasteiger partial charge in [0.05, 0.1) is 12.7 Å². The summed E-state index contributed by atoms with van der Waals surface area (Å²) in [5.41, 5.74) is 0. The number of methoxy groups -OCH3 is 1. The van der Waals surface area contributed by atoms with Crippen molar-refractivity contribution in [3.8, 4) is 0 Å². The van der Waals surface area contributed by atoms with E-state index in [0.717, 1.165) is 19.3 Å². The van der Waals surface area contributed by atoms with Crippen LogP contribution in [0.2, 0.25) is 0 Å². The van der Waals surface area contributed by atoms with Gasteiger partial charge in [-0.2, -0.15) is 0 Å². The summed E-state index contributed by atoms with van der Waals surface area (Å²) >= 11 is 0. The molecule has 15 heavy (non-hydrogen) atoms. The van der Waals surface area contributed by atoms with Crippen molar-refractivity contribution >= 4 is 5.97 Å². The zero-order valence-electron chi connectivity index (χ0n) is 9.44. The molecule has 1 saturated carbocycles. The first kappa shape index (κ1) is 12.5. The molecule has 4 heteroatoms. The van der Waals surface area contributed by atoms with E-state index < -0.39 is 12.1 Å². The number of aliphatic carboxylic acids is 1. The fourth-order valence-electron chi connectivity index (χ4n) is 2.05. The summed E-state index contributed by atoms with van der Waals surface area (Å²) in [6, 6.07) is 0. The summed E-state index contributed by atoms with van der Waals surface area (Å²) in [4.78, 5) is 10.8. The molecule has 3 atom stereocenters. The lowest BCUT2D eigenvalue weighted by molar-refractivity contribution is -0.160. The molecule has 0 aromatic heterocycles. The highest BCUT2D eigenvalue weighted by molar-refractivity contribution is 5.72. The van der Waals surface area contributed by atoms with Crippen molar-refractivity contribution < 1.29 is 19.4 Å². The lowest BCUT2D eigenvalue weighted by atomic mass is 9.88. The second kappa shape index (κ2) is 6.08. The molecule has 4 nitrogen and oxygen atoms in total. The quantitative estimate of drug-likeness (QED) is 0.759. The van der Waals surface area contributed by atoms with E-state index in [1.807, 2.05) is 0 Å². The molecule has 3 unspecified atom stereocenters. The summed E-state index contributed by atoms with van der Waals surface area (Å²) in [7, 11) is 1.49. The predicted molar refractivity (Wildman–Crippen MR) is 55.8 cm³/mol. The number of ether oxygens (including phenoxy) is 2. The van der Waals surface area contributed by atoms with E-state index in [9.17, 15) is 4.79 Å². The maximum Gasteiger partial charge on any atom is 0.335 e. The molecule has 0 heterocycles. The third-order valence-corrected chi connectivity index (χ3v) is 2.84. The van der Waals surface area contributed by atoms with Gasteiger partial charge in [0, 0.05) is 7.11 Å². The van der Waals surface area contributed by atoms with Gasteiger partial charge in [-0.3, -0.25) is 0 Å². The molecule has 1 fully saturated rings. The molecule has 0 saturated heterocycles. The summed E-state index contributed by atoms with van der Waals surface area (Å²) in [6.45, 7) is 2.31. The molecule has 0 radical (unpaired) electrons. The molecule has 88 valence electrons. The molecule has 1 aliphatic carbocycles. The first-order valence-corrected chi connectivity index (χ1v) is 5.50. The Morgan fingerprint density at radius 3 is 2.80 bits per heavy atom. The molecule has 0 bridgehead atoms. The van der Waals surface area contributed by atoms with Crippen LogP contribution < -0.4 is 0 Å². The minimum absolute atomic E-state index is 0.0880. The molecule has 0 aliphatic heterocycles. The van der Waals surface area contributed by atoms with Gasteiger partial charge in [-0.1, -0.05) is 19.8 Å². The smallest absolute Gasteiger partial charge is 0.335 e. The van der Waals surface area contributed by atoms with E-state index in [1.54, 1.807) is 0 Å². The van der Waals surface area contributed by atoms with Gasteiger partial charge in [0.15, 0.2) is 6.10 Å². The van der Waals surface area contributed by atoms with Crippen molar-refractivity contribution in [2.75, 3.05) is 13.7 Å². The largest absolute Gasteiger partial charge is 0.479 e. The second-order valence-corrected chi connectivity index (χ2v) is 4.31. The Morgan fingerprint density at radius 1 is 1.53 bits per heavy atom. The van der Waals surface area contributed by atoms with Crippen molar-refractivity contribution in [2.45, 2.75) is 44.8 Å². The Bertz CT molecular complexity index is 205. The summed E-state index contributed by atoms with van der Waals surface area (Å²) in [6.07, 6.45) is 3.56. The second-order valence-electron chi connectivity index (χ2n) is 4.31. The van der Waals surface area contributed by atoms with Gasteiger partial charge in [0.1, 0.15) is 0 Å². The highest BCUT2D eigenvalue weighted by Gasteiger charge is 2.26. The molecule has 0 amide bonds. The van der Waals surface area contributed by atoms with E-state index in [1.165, 1.54) is 13.5 Å². The number of hydrogen-bond donors (Lipinski definition) is 1. The average Bonchev–Trinajstić information content (AvgIpc) is 2.17. The zero-order chi connectivity index (χ0) is 11.3. The molecule has 0 aromatic carbocycles. The normalized spacial score (nSPS) is 28.7. The maximum absolute atomic E-state index is 10.8. The average molecular weight is 216 g/mol. The fourth-order valence-corrected chi connectivity index (χ4v) is 2.05. The SMILES string of the molecule is COCC(OC1CCCC(C)C1)C(=O)O. The Hall–Kier alpha value is -0.610. The van der Waals surface area contributed by atoms with E-state index >= 15 is 0 Å². The van der Waals surface area contributed by atoms with Gasteiger partial charge in [-0.05, 0) is 18.8 Å². The Balaban J connectivity index is 2.39. The predicted octanol–water partition coefficient (Wildman–Crippen LogP) is 1.68. The van der Waals surface area contributed by atoms with Crippen molar-refractivity contribution in [1.82, 2.24) is 0 Å². The third-order valence-electron chi connectivity index (χ3n) is 2.84. The van der Waals surface area contributed by atoms with Crippen LogP contribution in [0.3, 0.4) is 0 Å². The third kappa shape index (κ3) is 4.18. The molecule has 1 rings (SSSR count). The molecule has 0 aromatic rings. The summed E-state index contributed by atoms with van der Waals surface area (Å²) in [5.74, 6) is -0.296. The Kier molecular flexibility index (Phi) is 5.05. The first-order valence-electron chi connectivity index (χ1n) is 5.50. The monoisotopic (exact) mass is 216 g/mol. The highest BCUT2D eigenvalue weighted by Crippen LogP contribution is 2.26. The summed E-state index contributed by atoms with van der Waals surface area (Å²) in [5, 5.41) is 8.90. The van der Waals surface area contributed by atoms with Gasteiger partial charge in [0.2, 0.25) is 0 Å². The molecule has 1 N–H and O–H groups in total. The van der Waals surface area contributed by atoms with Crippen LogP contribution in [-0.4, -0.2) is 37.0 Å². The van der Waals surface area contributed by atoms with Crippen LogP contribution in [0.4, 0.5) is 0 Å². The van der Waals surface area contributed by atoms with Crippen molar-refractivity contribution in [1.29, 1.82) is 0 Å². The van der Waals surface area contributed by atoms with E-state index in [2.05, 4.69) is 6.92 Å². The van der Waals surface area contributed by atoms with Crippen LogP contribution in [0.5, 0.6) is 0 Å². The molecule has 1 aliphatic rings. The maximum atomic E-state index is 10.8. The van der Waals surface area contributed by atoms with Crippen LogP contribution in [0, 0.1) is 5.92 Å². The Morgan fingerprint density at radius 2 is 2.27 bits per heavy atom. The fraction of sp³-hybridized carbons (Fsp3) is 0.909. The van der Waals surface area contributed by atoms with Crippen LogP contribution in [0.1, 0.15) is 32.6 Å². The minimum Gasteiger partial charge on any atom is -0.479 e. The highest BCUT2D eigenvalue weighted by atomic mass is 16.6. The molecular formula is C11H20O4. The van der Waals surface area contributed by atoms with Crippen molar-refractivity contribution in [2.24, 2.45) is 5.92 Å². The lowest BCUT2D eigenvalue weighted by Crippen LogP contribution is -2.35. The van der Waals surface area contributed by atoms with E-state index in [4.69, 9.17) is 14.6 Å². The number of carboxylic acids is 1. The van der Waals surface area contributed by atoms with E-state index in [-0.39, 0.29) is 12.7 Å². The number of carbonyl (C=O) groups is 1. The molecular weight excluding hydrogens is 196 g/mol. The van der Waals surface area contributed by atoms with Crippen molar-refractivity contribution in [3.05, 3.63) is 0 Å². The first-order chi connectivity index (χ1) is 7.13.